The fourth-order valence-corrected chi connectivity index (χ4v) is 4.05. The van der Waals surface area contributed by atoms with Crippen LogP contribution in [0.2, 0.25) is 0 Å². The van der Waals surface area contributed by atoms with E-state index in [0.29, 0.717) is 0 Å². The average Bonchev–Trinajstić information content (AvgIpc) is 2.76. The topological polar surface area (TPSA) is 12.0 Å². The molecule has 0 bridgehead atoms. The summed E-state index contributed by atoms with van der Waals surface area (Å²) in [4.78, 5) is 0. The predicted octanol–water partition coefficient (Wildman–Crippen LogP) is 2.32. The molecule has 2 unspecified atom stereocenters. The second kappa shape index (κ2) is 2.47. The minimum atomic E-state index is 0.779. The predicted molar refractivity (Wildman–Crippen MR) is 50.0 cm³/mol. The summed E-state index contributed by atoms with van der Waals surface area (Å²) in [6.07, 6.45) is 10.6. The summed E-state index contributed by atoms with van der Waals surface area (Å²) in [6, 6.07) is 0.931. The van der Waals surface area contributed by atoms with E-state index in [0.717, 1.165) is 17.4 Å². The van der Waals surface area contributed by atoms with E-state index in [9.17, 15) is 0 Å². The van der Waals surface area contributed by atoms with E-state index in [2.05, 4.69) is 5.32 Å². The van der Waals surface area contributed by atoms with Crippen LogP contribution >= 0.6 is 0 Å². The van der Waals surface area contributed by atoms with Crippen molar-refractivity contribution < 1.29 is 0 Å². The minimum Gasteiger partial charge on any atom is -0.313 e. The molecule has 0 amide bonds. The van der Waals surface area contributed by atoms with Gasteiger partial charge in [-0.25, -0.2) is 0 Å². The summed E-state index contributed by atoms with van der Waals surface area (Å²) in [6.45, 7) is 1.30. The maximum atomic E-state index is 3.75. The first-order chi connectivity index (χ1) is 5.91. The number of rotatable bonds is 0. The Morgan fingerprint density at radius 1 is 1.00 bits per heavy atom. The van der Waals surface area contributed by atoms with Crippen molar-refractivity contribution in [2.24, 2.45) is 11.3 Å². The highest BCUT2D eigenvalue weighted by atomic mass is 15.0. The van der Waals surface area contributed by atoms with Crippen molar-refractivity contribution in [3.05, 3.63) is 0 Å². The fraction of sp³-hybridized carbons (Fsp3) is 1.00. The Kier molecular flexibility index (Phi) is 1.52. The van der Waals surface area contributed by atoms with Gasteiger partial charge >= 0.3 is 0 Å². The maximum Gasteiger partial charge on any atom is 0.0152 e. The Balaban J connectivity index is 1.86. The third-order valence-corrected chi connectivity index (χ3v) is 4.62. The maximum absolute atomic E-state index is 3.75. The molecule has 2 atom stereocenters. The molecule has 3 rings (SSSR count). The van der Waals surface area contributed by atoms with Gasteiger partial charge in [0.25, 0.3) is 0 Å². The van der Waals surface area contributed by atoms with Gasteiger partial charge in [0.05, 0.1) is 0 Å². The van der Waals surface area contributed by atoms with Gasteiger partial charge in [-0.05, 0) is 50.0 Å². The monoisotopic (exact) mass is 165 g/mol. The van der Waals surface area contributed by atoms with E-state index in [4.69, 9.17) is 0 Å². The summed E-state index contributed by atoms with van der Waals surface area (Å²) in [5.74, 6) is 1.06. The quantitative estimate of drug-likeness (QED) is 0.581. The summed E-state index contributed by atoms with van der Waals surface area (Å²) in [5, 5.41) is 3.75. The van der Waals surface area contributed by atoms with Crippen LogP contribution in [0.1, 0.15) is 44.9 Å². The molecular weight excluding hydrogens is 146 g/mol. The fourth-order valence-electron chi connectivity index (χ4n) is 4.05. The molecule has 1 heterocycles. The zero-order chi connectivity index (χ0) is 8.02. The van der Waals surface area contributed by atoms with E-state index >= 15 is 0 Å². The average molecular weight is 165 g/mol. The molecule has 1 saturated heterocycles. The molecule has 3 aliphatic rings. The molecule has 1 spiro atoms. The Labute approximate surface area is 74.9 Å². The Hall–Kier alpha value is -0.0400. The first kappa shape index (κ1) is 7.37. The number of nitrogens with one attached hydrogen (secondary N) is 1. The molecule has 1 heteroatoms. The smallest absolute Gasteiger partial charge is 0.0152 e. The van der Waals surface area contributed by atoms with Crippen LogP contribution in [0.4, 0.5) is 0 Å². The third-order valence-electron chi connectivity index (χ3n) is 4.62. The van der Waals surface area contributed by atoms with Crippen LogP contribution in [-0.2, 0) is 0 Å². The summed E-state index contributed by atoms with van der Waals surface area (Å²) in [7, 11) is 0. The Morgan fingerprint density at radius 3 is 2.67 bits per heavy atom. The standard InChI is InChI=1S/C11H19N/c1-2-6-11(5-1)7-3-9-4-8-12-10(9)11/h9-10,12H,1-8H2. The molecule has 0 aromatic rings. The number of fused-ring (bicyclic) bond motifs is 2. The van der Waals surface area contributed by atoms with Crippen molar-refractivity contribution in [1.29, 1.82) is 0 Å². The molecule has 68 valence electrons. The molecule has 0 radical (unpaired) electrons. The largest absolute Gasteiger partial charge is 0.313 e. The van der Waals surface area contributed by atoms with Crippen LogP contribution in [0.15, 0.2) is 0 Å². The third kappa shape index (κ3) is 0.834. The molecule has 1 N–H and O–H groups in total. The SMILES string of the molecule is C1CCC2(C1)CCC1CCNC12. The van der Waals surface area contributed by atoms with Gasteiger partial charge in [-0.2, -0.15) is 0 Å². The van der Waals surface area contributed by atoms with Crippen LogP contribution in [-0.4, -0.2) is 12.6 Å². The van der Waals surface area contributed by atoms with Gasteiger partial charge in [0, 0.05) is 6.04 Å². The molecule has 2 saturated carbocycles. The second-order valence-corrected chi connectivity index (χ2v) is 5.09. The highest BCUT2D eigenvalue weighted by Crippen LogP contribution is 2.54. The van der Waals surface area contributed by atoms with Gasteiger partial charge < -0.3 is 5.32 Å². The Morgan fingerprint density at radius 2 is 1.83 bits per heavy atom. The molecule has 1 aliphatic heterocycles. The molecule has 0 aromatic carbocycles. The van der Waals surface area contributed by atoms with Crippen LogP contribution < -0.4 is 5.32 Å². The van der Waals surface area contributed by atoms with Gasteiger partial charge in [-0.3, -0.25) is 0 Å². The normalized spacial score (nSPS) is 44.0. The lowest BCUT2D eigenvalue weighted by Gasteiger charge is -2.30. The van der Waals surface area contributed by atoms with E-state index in [1.54, 1.807) is 0 Å². The first-order valence-electron chi connectivity index (χ1n) is 5.64. The van der Waals surface area contributed by atoms with Gasteiger partial charge in [-0.1, -0.05) is 12.8 Å². The van der Waals surface area contributed by atoms with Gasteiger partial charge in [0.15, 0.2) is 0 Å². The van der Waals surface area contributed by atoms with Crippen molar-refractivity contribution in [2.75, 3.05) is 6.54 Å². The summed E-state index contributed by atoms with van der Waals surface area (Å²) < 4.78 is 0. The molecular formula is C11H19N. The van der Waals surface area contributed by atoms with Crippen molar-refractivity contribution in [3.63, 3.8) is 0 Å². The zero-order valence-electron chi connectivity index (χ0n) is 7.81. The summed E-state index contributed by atoms with van der Waals surface area (Å²) in [5.41, 5.74) is 0.779. The van der Waals surface area contributed by atoms with Crippen LogP contribution in [0, 0.1) is 11.3 Å². The van der Waals surface area contributed by atoms with Gasteiger partial charge in [-0.15, -0.1) is 0 Å². The molecule has 1 nitrogen and oxygen atoms in total. The van der Waals surface area contributed by atoms with Crippen molar-refractivity contribution >= 4 is 0 Å². The molecule has 2 aliphatic carbocycles. The minimum absolute atomic E-state index is 0.779. The molecule has 3 fully saturated rings. The second-order valence-electron chi connectivity index (χ2n) is 5.09. The lowest BCUT2D eigenvalue weighted by atomic mass is 9.80. The van der Waals surface area contributed by atoms with Gasteiger partial charge in [0.2, 0.25) is 0 Å². The highest BCUT2D eigenvalue weighted by molar-refractivity contribution is 5.05. The zero-order valence-corrected chi connectivity index (χ0v) is 7.81. The highest BCUT2D eigenvalue weighted by Gasteiger charge is 2.50. The lowest BCUT2D eigenvalue weighted by molar-refractivity contribution is 0.236. The van der Waals surface area contributed by atoms with E-state index in [1.807, 2.05) is 0 Å². The van der Waals surface area contributed by atoms with E-state index < -0.39 is 0 Å². The van der Waals surface area contributed by atoms with Crippen LogP contribution in [0.25, 0.3) is 0 Å². The lowest BCUT2D eigenvalue weighted by Crippen LogP contribution is -2.38. The summed E-state index contributed by atoms with van der Waals surface area (Å²) >= 11 is 0. The number of hydrogen-bond donors (Lipinski definition) is 1. The van der Waals surface area contributed by atoms with Crippen LogP contribution in [0.5, 0.6) is 0 Å². The van der Waals surface area contributed by atoms with Crippen molar-refractivity contribution in [2.45, 2.75) is 51.0 Å². The number of hydrogen-bond acceptors (Lipinski definition) is 1. The van der Waals surface area contributed by atoms with E-state index in [1.165, 1.54) is 51.5 Å². The van der Waals surface area contributed by atoms with Crippen molar-refractivity contribution in [1.82, 2.24) is 5.32 Å². The van der Waals surface area contributed by atoms with Crippen molar-refractivity contribution in [3.8, 4) is 0 Å². The van der Waals surface area contributed by atoms with E-state index in [-0.39, 0.29) is 0 Å². The van der Waals surface area contributed by atoms with Gasteiger partial charge in [0.1, 0.15) is 0 Å². The van der Waals surface area contributed by atoms with Crippen LogP contribution in [0.3, 0.4) is 0 Å². The first-order valence-corrected chi connectivity index (χ1v) is 5.64. The molecule has 0 aromatic heterocycles. The molecule has 12 heavy (non-hydrogen) atoms. The Bertz CT molecular complexity index is 181.